The molecule has 0 aromatic rings. The van der Waals surface area contributed by atoms with Gasteiger partial charge in [0.15, 0.2) is 5.11 Å². The number of rotatable bonds is 13. The number of hydrogen-bond donors (Lipinski definition) is 2. The van der Waals surface area contributed by atoms with E-state index in [0.29, 0.717) is 26.1 Å². The molecule has 0 aromatic carbocycles. The Morgan fingerprint density at radius 1 is 1.17 bits per heavy atom. The average molecular weight is 442 g/mol. The molecule has 0 spiro atoms. The van der Waals surface area contributed by atoms with Crippen LogP contribution >= 0.6 is 12.2 Å². The molecular weight excluding hydrogens is 402 g/mol. The standard InChI is InChI=1S/C22H39N3O4S/c1-4-5-6-7-8-9-10-11-14-29-20(27)16-18-21(28)23-12-13-25(18)22(30)24-19(26)15-17(2)3/h17-18H,4-16H2,1-3H3,(H,23,28)(H,24,26,30). The molecule has 30 heavy (non-hydrogen) atoms. The number of piperazine rings is 1. The van der Waals surface area contributed by atoms with E-state index in [1.807, 2.05) is 13.8 Å². The van der Waals surface area contributed by atoms with E-state index in [1.54, 1.807) is 4.90 Å². The normalized spacial score (nSPS) is 16.3. The van der Waals surface area contributed by atoms with Crippen LogP contribution in [-0.4, -0.2) is 53.5 Å². The van der Waals surface area contributed by atoms with Gasteiger partial charge in [0.1, 0.15) is 6.04 Å². The van der Waals surface area contributed by atoms with Crippen LogP contribution in [0, 0.1) is 5.92 Å². The molecule has 1 unspecified atom stereocenters. The number of nitrogens with zero attached hydrogens (tertiary/aromatic N) is 1. The van der Waals surface area contributed by atoms with Crippen molar-refractivity contribution in [2.45, 2.75) is 91.0 Å². The highest BCUT2D eigenvalue weighted by Gasteiger charge is 2.34. The van der Waals surface area contributed by atoms with Crippen molar-refractivity contribution in [3.05, 3.63) is 0 Å². The molecule has 0 bridgehead atoms. The molecule has 1 fully saturated rings. The Balaban J connectivity index is 2.36. The predicted molar refractivity (Wildman–Crippen MR) is 122 cm³/mol. The minimum Gasteiger partial charge on any atom is -0.466 e. The fourth-order valence-electron chi connectivity index (χ4n) is 3.41. The van der Waals surface area contributed by atoms with E-state index in [1.165, 1.54) is 32.1 Å². The lowest BCUT2D eigenvalue weighted by atomic mass is 10.1. The predicted octanol–water partition coefficient (Wildman–Crippen LogP) is 3.31. The summed E-state index contributed by atoms with van der Waals surface area (Å²) in [4.78, 5) is 38.2. The molecule has 0 aromatic heterocycles. The lowest BCUT2D eigenvalue weighted by Crippen LogP contribution is -2.60. The van der Waals surface area contributed by atoms with Gasteiger partial charge in [0.05, 0.1) is 13.0 Å². The molecule has 1 saturated heterocycles. The molecule has 0 aliphatic carbocycles. The van der Waals surface area contributed by atoms with Crippen molar-refractivity contribution in [2.75, 3.05) is 19.7 Å². The Labute approximate surface area is 186 Å². The first-order valence-corrected chi connectivity index (χ1v) is 11.8. The van der Waals surface area contributed by atoms with Gasteiger partial charge < -0.3 is 20.3 Å². The van der Waals surface area contributed by atoms with Crippen molar-refractivity contribution in [2.24, 2.45) is 5.92 Å². The van der Waals surface area contributed by atoms with Crippen molar-refractivity contribution in [1.82, 2.24) is 15.5 Å². The van der Waals surface area contributed by atoms with Crippen LogP contribution in [0.1, 0.15) is 85.0 Å². The van der Waals surface area contributed by atoms with E-state index in [4.69, 9.17) is 17.0 Å². The maximum Gasteiger partial charge on any atom is 0.308 e. The molecular formula is C22H39N3O4S. The van der Waals surface area contributed by atoms with Crippen molar-refractivity contribution in [3.8, 4) is 0 Å². The smallest absolute Gasteiger partial charge is 0.308 e. The van der Waals surface area contributed by atoms with Crippen LogP contribution in [0.5, 0.6) is 0 Å². The minimum atomic E-state index is -0.753. The highest BCUT2D eigenvalue weighted by atomic mass is 32.1. The Bertz CT molecular complexity index is 569. The molecule has 0 radical (unpaired) electrons. The van der Waals surface area contributed by atoms with Crippen LogP contribution in [0.15, 0.2) is 0 Å². The largest absolute Gasteiger partial charge is 0.466 e. The van der Waals surface area contributed by atoms with Crippen molar-refractivity contribution in [3.63, 3.8) is 0 Å². The average Bonchev–Trinajstić information content (AvgIpc) is 2.67. The van der Waals surface area contributed by atoms with Crippen molar-refractivity contribution in [1.29, 1.82) is 0 Å². The first-order chi connectivity index (χ1) is 14.3. The highest BCUT2D eigenvalue weighted by molar-refractivity contribution is 7.80. The molecule has 1 atom stereocenters. The van der Waals surface area contributed by atoms with E-state index in [2.05, 4.69) is 17.6 Å². The monoisotopic (exact) mass is 441 g/mol. The Morgan fingerprint density at radius 2 is 1.80 bits per heavy atom. The summed E-state index contributed by atoms with van der Waals surface area (Å²) >= 11 is 5.32. The van der Waals surface area contributed by atoms with E-state index >= 15 is 0 Å². The van der Waals surface area contributed by atoms with Crippen LogP contribution < -0.4 is 10.6 Å². The zero-order valence-electron chi connectivity index (χ0n) is 18.8. The van der Waals surface area contributed by atoms with Gasteiger partial charge in [-0.1, -0.05) is 65.7 Å². The number of thiocarbonyl (C=S) groups is 1. The number of nitrogens with one attached hydrogen (secondary N) is 2. The lowest BCUT2D eigenvalue weighted by molar-refractivity contribution is -0.147. The van der Waals surface area contributed by atoms with E-state index in [-0.39, 0.29) is 29.3 Å². The number of ether oxygens (including phenoxy) is 1. The molecule has 0 saturated carbocycles. The summed E-state index contributed by atoms with van der Waals surface area (Å²) in [6, 6.07) is -0.753. The fraction of sp³-hybridized carbons (Fsp3) is 0.818. The molecule has 1 aliphatic heterocycles. The third-order valence-electron chi connectivity index (χ3n) is 5.05. The third kappa shape index (κ3) is 10.9. The number of carbonyl (C=O) groups is 3. The van der Waals surface area contributed by atoms with Gasteiger partial charge in [-0.25, -0.2) is 0 Å². The second-order valence-corrected chi connectivity index (χ2v) is 8.74. The fourth-order valence-corrected chi connectivity index (χ4v) is 3.74. The van der Waals surface area contributed by atoms with Crippen LogP contribution in [-0.2, 0) is 19.1 Å². The van der Waals surface area contributed by atoms with Gasteiger partial charge in [0.25, 0.3) is 0 Å². The van der Waals surface area contributed by atoms with Gasteiger partial charge >= 0.3 is 5.97 Å². The summed E-state index contributed by atoms with van der Waals surface area (Å²) in [6.45, 7) is 7.34. The molecule has 172 valence electrons. The zero-order chi connectivity index (χ0) is 22.4. The molecule has 1 rings (SSSR count). The van der Waals surface area contributed by atoms with Crippen LogP contribution in [0.4, 0.5) is 0 Å². The Hall–Kier alpha value is -1.70. The highest BCUT2D eigenvalue weighted by Crippen LogP contribution is 2.12. The quantitative estimate of drug-likeness (QED) is 0.259. The number of hydrogen-bond acceptors (Lipinski definition) is 5. The number of esters is 1. The molecule has 1 heterocycles. The van der Waals surface area contributed by atoms with Gasteiger partial charge in [0.2, 0.25) is 11.8 Å². The summed E-state index contributed by atoms with van der Waals surface area (Å²) in [5, 5.41) is 5.62. The van der Waals surface area contributed by atoms with E-state index < -0.39 is 12.0 Å². The number of amides is 2. The maximum atomic E-state index is 12.3. The molecule has 1 aliphatic rings. The van der Waals surface area contributed by atoms with Gasteiger partial charge in [0, 0.05) is 19.5 Å². The summed E-state index contributed by atoms with van der Waals surface area (Å²) in [5.74, 6) is -0.663. The number of unbranched alkanes of at least 4 members (excludes halogenated alkanes) is 7. The van der Waals surface area contributed by atoms with Gasteiger partial charge in [-0.15, -0.1) is 0 Å². The van der Waals surface area contributed by atoms with E-state index in [9.17, 15) is 14.4 Å². The Kier molecular flexibility index (Phi) is 13.3. The summed E-state index contributed by atoms with van der Waals surface area (Å²) in [7, 11) is 0. The SMILES string of the molecule is CCCCCCCCCCOC(=O)CC1C(=O)NCCN1C(=S)NC(=O)CC(C)C. The zero-order valence-corrected chi connectivity index (χ0v) is 19.7. The van der Waals surface area contributed by atoms with Gasteiger partial charge in [-0.3, -0.25) is 14.4 Å². The summed E-state index contributed by atoms with van der Waals surface area (Å²) in [5.41, 5.74) is 0. The van der Waals surface area contributed by atoms with Crippen molar-refractivity contribution < 1.29 is 19.1 Å². The van der Waals surface area contributed by atoms with Gasteiger partial charge in [-0.2, -0.15) is 0 Å². The molecule has 8 heteroatoms. The second-order valence-electron chi connectivity index (χ2n) is 8.35. The molecule has 2 N–H and O–H groups in total. The van der Waals surface area contributed by atoms with Gasteiger partial charge in [-0.05, 0) is 24.6 Å². The third-order valence-corrected chi connectivity index (χ3v) is 5.39. The van der Waals surface area contributed by atoms with Crippen LogP contribution in [0.2, 0.25) is 0 Å². The van der Waals surface area contributed by atoms with Crippen LogP contribution in [0.25, 0.3) is 0 Å². The summed E-state index contributed by atoms with van der Waals surface area (Å²) < 4.78 is 5.32. The van der Waals surface area contributed by atoms with Crippen molar-refractivity contribution >= 4 is 35.1 Å². The minimum absolute atomic E-state index is 0.0803. The lowest BCUT2D eigenvalue weighted by Gasteiger charge is -2.36. The maximum absolute atomic E-state index is 12.3. The Morgan fingerprint density at radius 3 is 2.43 bits per heavy atom. The first kappa shape index (κ1) is 26.3. The molecule has 2 amide bonds. The van der Waals surface area contributed by atoms with E-state index in [0.717, 1.165) is 19.3 Å². The first-order valence-electron chi connectivity index (χ1n) is 11.4. The molecule has 7 nitrogen and oxygen atoms in total. The van der Waals surface area contributed by atoms with Crippen LogP contribution in [0.3, 0.4) is 0 Å². The summed E-state index contributed by atoms with van der Waals surface area (Å²) in [6.07, 6.45) is 9.66. The topological polar surface area (TPSA) is 87.7 Å². The number of carbonyl (C=O) groups excluding carboxylic acids is 3. The second kappa shape index (κ2) is 15.2.